The van der Waals surface area contributed by atoms with E-state index in [-0.39, 0.29) is 12.6 Å². The lowest BCUT2D eigenvalue weighted by Crippen LogP contribution is -2.52. The maximum absolute atomic E-state index is 12.2. The number of imidazole rings is 1. The molecular formula is C15H23N5O5. The average Bonchev–Trinajstić information content (AvgIpc) is 3.20. The van der Waals surface area contributed by atoms with Gasteiger partial charge in [0.05, 0.1) is 13.3 Å². The highest BCUT2D eigenvalue weighted by Gasteiger charge is 2.47. The van der Waals surface area contributed by atoms with Crippen molar-refractivity contribution in [2.75, 3.05) is 36.2 Å². The number of fused-ring (bicyclic) bond motifs is 1. The molecule has 5 N–H and O–H groups in total. The van der Waals surface area contributed by atoms with E-state index in [1.54, 1.807) is 4.90 Å². The summed E-state index contributed by atoms with van der Waals surface area (Å²) >= 11 is 0. The number of nitrogens with zero attached hydrogens (tertiary/aromatic N) is 3. The zero-order chi connectivity index (χ0) is 17.6. The van der Waals surface area contributed by atoms with E-state index in [1.165, 1.54) is 6.42 Å². The summed E-state index contributed by atoms with van der Waals surface area (Å²) in [6, 6.07) is 0. The summed E-state index contributed by atoms with van der Waals surface area (Å²) in [7, 11) is 0. The van der Waals surface area contributed by atoms with Crippen LogP contribution in [-0.2, 0) is 4.74 Å². The molecule has 1 aromatic rings. The molecule has 10 nitrogen and oxygen atoms in total. The number of aromatic amines is 1. The Morgan fingerprint density at radius 1 is 1.20 bits per heavy atom. The quantitative estimate of drug-likeness (QED) is 0.436. The highest BCUT2D eigenvalue weighted by Crippen LogP contribution is 2.32. The Morgan fingerprint density at radius 2 is 1.96 bits per heavy atom. The average molecular weight is 353 g/mol. The first-order chi connectivity index (χ1) is 12.1. The molecule has 3 aliphatic rings. The van der Waals surface area contributed by atoms with Crippen LogP contribution in [0.1, 0.15) is 29.8 Å². The van der Waals surface area contributed by atoms with Gasteiger partial charge in [0.1, 0.15) is 18.3 Å². The number of piperidine rings is 1. The van der Waals surface area contributed by atoms with E-state index in [0.29, 0.717) is 17.5 Å². The van der Waals surface area contributed by atoms with Gasteiger partial charge in [-0.15, -0.1) is 0 Å². The van der Waals surface area contributed by atoms with Crippen LogP contribution in [-0.4, -0.2) is 82.1 Å². The first kappa shape index (κ1) is 16.6. The molecule has 4 rings (SSSR count). The molecule has 0 aromatic carbocycles. The second kappa shape index (κ2) is 6.45. The fourth-order valence-corrected chi connectivity index (χ4v) is 3.64. The van der Waals surface area contributed by atoms with Gasteiger partial charge < -0.3 is 40.2 Å². The van der Waals surface area contributed by atoms with Gasteiger partial charge in [-0.2, -0.15) is 4.98 Å². The van der Waals surface area contributed by atoms with Crippen molar-refractivity contribution in [1.29, 1.82) is 0 Å². The number of carbonyl (C=O) groups is 1. The van der Waals surface area contributed by atoms with Crippen LogP contribution >= 0.6 is 0 Å². The van der Waals surface area contributed by atoms with E-state index in [0.717, 1.165) is 25.9 Å². The number of nitrogens with one attached hydrogen (secondary N) is 2. The predicted molar refractivity (Wildman–Crippen MR) is 87.2 cm³/mol. The van der Waals surface area contributed by atoms with Gasteiger partial charge in [-0.1, -0.05) is 0 Å². The molecule has 0 saturated carbocycles. The first-order valence-corrected chi connectivity index (χ1v) is 8.62. The normalized spacial score (nSPS) is 32.7. The molecule has 0 spiro atoms. The van der Waals surface area contributed by atoms with Crippen LogP contribution in [0.2, 0.25) is 0 Å². The summed E-state index contributed by atoms with van der Waals surface area (Å²) in [5, 5.41) is 32.2. The Balaban J connectivity index is 1.63. The van der Waals surface area contributed by atoms with Crippen molar-refractivity contribution in [3.63, 3.8) is 0 Å². The summed E-state index contributed by atoms with van der Waals surface area (Å²) in [4.78, 5) is 23.5. The Hall–Kier alpha value is -1.88. The van der Waals surface area contributed by atoms with Crippen LogP contribution in [0, 0.1) is 0 Å². The molecule has 10 heteroatoms. The number of hydrogen-bond donors (Lipinski definition) is 5. The minimum Gasteiger partial charge on any atom is -0.394 e. The number of carbonyl (C=O) groups excluding carboxylic acids is 1. The van der Waals surface area contributed by atoms with Crippen LogP contribution in [0.5, 0.6) is 0 Å². The van der Waals surface area contributed by atoms with Gasteiger partial charge in [0.15, 0.2) is 17.7 Å². The van der Waals surface area contributed by atoms with Crippen molar-refractivity contribution in [2.45, 2.75) is 43.8 Å². The molecule has 2 saturated heterocycles. The van der Waals surface area contributed by atoms with E-state index < -0.39 is 31.1 Å². The summed E-state index contributed by atoms with van der Waals surface area (Å²) in [6.07, 6.45) is -0.838. The maximum atomic E-state index is 12.2. The van der Waals surface area contributed by atoms with E-state index in [4.69, 9.17) is 4.74 Å². The molecule has 4 atom stereocenters. The van der Waals surface area contributed by atoms with Gasteiger partial charge >= 0.3 is 0 Å². The monoisotopic (exact) mass is 353 g/mol. The van der Waals surface area contributed by atoms with E-state index in [1.807, 2.05) is 0 Å². The molecule has 138 valence electrons. The van der Waals surface area contributed by atoms with Crippen molar-refractivity contribution in [3.05, 3.63) is 5.69 Å². The highest BCUT2D eigenvalue weighted by atomic mass is 16.6. The number of aromatic nitrogens is 2. The molecule has 0 aliphatic carbocycles. The van der Waals surface area contributed by atoms with Gasteiger partial charge in [-0.25, -0.2) is 0 Å². The standard InChI is InChI=1S/C15H23N5O5/c21-6-8-10(22)11(23)14(25-8)20-7-16-13(24)9-12(20)18-15(17-9)19-4-2-1-3-5-19/h8,10-11,14,21-23H,1-7H2,(H,16,24)(H,17,18). The zero-order valence-corrected chi connectivity index (χ0v) is 13.8. The molecule has 25 heavy (non-hydrogen) atoms. The van der Waals surface area contributed by atoms with E-state index in [9.17, 15) is 20.1 Å². The molecule has 1 amide bonds. The smallest absolute Gasteiger partial charge is 0.273 e. The Labute approximate surface area is 144 Å². The molecule has 0 radical (unpaired) electrons. The minimum atomic E-state index is -1.21. The highest BCUT2D eigenvalue weighted by molar-refractivity contribution is 5.99. The Morgan fingerprint density at radius 3 is 2.64 bits per heavy atom. The van der Waals surface area contributed by atoms with Crippen LogP contribution in [0.4, 0.5) is 11.8 Å². The number of rotatable bonds is 3. The number of ether oxygens (including phenoxy) is 1. The minimum absolute atomic E-state index is 0.0999. The fraction of sp³-hybridized carbons (Fsp3) is 0.733. The molecule has 3 aliphatic heterocycles. The Kier molecular flexibility index (Phi) is 4.28. The van der Waals surface area contributed by atoms with Crippen molar-refractivity contribution in [2.24, 2.45) is 0 Å². The summed E-state index contributed by atoms with van der Waals surface area (Å²) in [5.74, 6) is 0.742. The lowest BCUT2D eigenvalue weighted by molar-refractivity contribution is -0.0232. The summed E-state index contributed by atoms with van der Waals surface area (Å²) < 4.78 is 5.58. The van der Waals surface area contributed by atoms with Gasteiger partial charge in [0.25, 0.3) is 5.91 Å². The van der Waals surface area contributed by atoms with Crippen LogP contribution in [0.3, 0.4) is 0 Å². The SMILES string of the molecule is O=C1NCN(C2OC(CO)C(O)C2O)c2nc(N3CCCCC3)[nH]c21. The van der Waals surface area contributed by atoms with E-state index in [2.05, 4.69) is 20.2 Å². The summed E-state index contributed by atoms with van der Waals surface area (Å²) in [6.45, 7) is 1.45. The third-order valence-corrected chi connectivity index (χ3v) is 5.06. The van der Waals surface area contributed by atoms with Crippen LogP contribution in [0.25, 0.3) is 0 Å². The van der Waals surface area contributed by atoms with Gasteiger partial charge in [-0.05, 0) is 19.3 Å². The molecule has 2 fully saturated rings. The molecular weight excluding hydrogens is 330 g/mol. The Bertz CT molecular complexity index is 646. The number of anilines is 2. The van der Waals surface area contributed by atoms with Crippen molar-refractivity contribution in [1.82, 2.24) is 15.3 Å². The summed E-state index contributed by atoms with van der Waals surface area (Å²) in [5.41, 5.74) is 0.310. The largest absolute Gasteiger partial charge is 0.394 e. The van der Waals surface area contributed by atoms with Crippen LogP contribution in [0.15, 0.2) is 0 Å². The van der Waals surface area contributed by atoms with Crippen molar-refractivity contribution < 1.29 is 24.9 Å². The van der Waals surface area contributed by atoms with Crippen molar-refractivity contribution >= 4 is 17.7 Å². The fourth-order valence-electron chi connectivity index (χ4n) is 3.64. The van der Waals surface area contributed by atoms with Crippen molar-refractivity contribution in [3.8, 4) is 0 Å². The number of hydrogen-bond acceptors (Lipinski definition) is 8. The maximum Gasteiger partial charge on any atom is 0.273 e. The molecule has 1 aromatic heterocycles. The van der Waals surface area contributed by atoms with Crippen LogP contribution < -0.4 is 15.1 Å². The first-order valence-electron chi connectivity index (χ1n) is 8.62. The van der Waals surface area contributed by atoms with E-state index >= 15 is 0 Å². The second-order valence-corrected chi connectivity index (χ2v) is 6.67. The molecule has 4 heterocycles. The van der Waals surface area contributed by atoms with Gasteiger partial charge in [0.2, 0.25) is 5.95 Å². The van der Waals surface area contributed by atoms with Gasteiger partial charge in [0, 0.05) is 13.1 Å². The molecule has 0 bridgehead atoms. The number of aliphatic hydroxyl groups is 3. The lowest BCUT2D eigenvalue weighted by atomic mass is 10.1. The number of H-pyrrole nitrogens is 1. The lowest BCUT2D eigenvalue weighted by Gasteiger charge is -2.33. The third-order valence-electron chi connectivity index (χ3n) is 5.06. The molecule has 4 unspecified atom stereocenters. The number of amides is 1. The second-order valence-electron chi connectivity index (χ2n) is 6.67. The predicted octanol–water partition coefficient (Wildman–Crippen LogP) is -1.65. The number of aliphatic hydroxyl groups excluding tert-OH is 3. The third kappa shape index (κ3) is 2.74. The zero-order valence-electron chi connectivity index (χ0n) is 13.8. The van der Waals surface area contributed by atoms with Gasteiger partial charge in [-0.3, -0.25) is 4.79 Å². The topological polar surface area (TPSA) is 134 Å².